The third-order valence-corrected chi connectivity index (χ3v) is 2.67. The first-order valence-corrected chi connectivity index (χ1v) is 5.40. The molecule has 0 saturated heterocycles. The van der Waals surface area contributed by atoms with Gasteiger partial charge in [0.1, 0.15) is 6.04 Å². The van der Waals surface area contributed by atoms with Crippen LogP contribution in [0.3, 0.4) is 0 Å². The Morgan fingerprint density at radius 3 is 2.47 bits per heavy atom. The normalized spacial score (nSPS) is 13.3. The highest BCUT2D eigenvalue weighted by molar-refractivity contribution is 9.10. The van der Waals surface area contributed by atoms with E-state index in [-0.39, 0.29) is 11.5 Å². The summed E-state index contributed by atoms with van der Waals surface area (Å²) in [4.78, 5) is 10.8. The summed E-state index contributed by atoms with van der Waals surface area (Å²) in [6, 6.07) is 1.80. The smallest absolute Gasteiger partial charge is 0.325 e. The highest BCUT2D eigenvalue weighted by Gasteiger charge is 2.37. The van der Waals surface area contributed by atoms with Crippen molar-refractivity contribution in [1.82, 2.24) is 0 Å². The molecule has 17 heavy (non-hydrogen) atoms. The molecule has 0 saturated carbocycles. The fourth-order valence-electron chi connectivity index (χ4n) is 1.20. The van der Waals surface area contributed by atoms with Crippen LogP contribution in [0.2, 0.25) is 0 Å². The zero-order valence-corrected chi connectivity index (χ0v) is 10.4. The van der Waals surface area contributed by atoms with E-state index in [1.165, 1.54) is 25.1 Å². The molecule has 0 aliphatic carbocycles. The minimum Gasteiger partial charge on any atom is -0.325 e. The number of amides is 1. The molecule has 3 N–H and O–H groups in total. The zero-order valence-electron chi connectivity index (χ0n) is 8.81. The zero-order chi connectivity index (χ0) is 13.2. The van der Waals surface area contributed by atoms with Gasteiger partial charge in [-0.1, -0.05) is 6.07 Å². The van der Waals surface area contributed by atoms with Crippen molar-refractivity contribution in [3.8, 4) is 0 Å². The minimum atomic E-state index is -4.49. The fraction of sp³-hybridized carbons (Fsp3) is 0.300. The maximum Gasteiger partial charge on any atom is 0.407 e. The van der Waals surface area contributed by atoms with Crippen LogP contribution < -0.4 is 11.1 Å². The molecule has 0 unspecified atom stereocenters. The SMILES string of the molecule is CC(=O)Nc1ccc([C@@H](N)C(F)(F)F)cc1Br. The lowest BCUT2D eigenvalue weighted by Gasteiger charge is -2.17. The topological polar surface area (TPSA) is 55.1 Å². The van der Waals surface area contributed by atoms with Crippen molar-refractivity contribution in [3.63, 3.8) is 0 Å². The van der Waals surface area contributed by atoms with E-state index >= 15 is 0 Å². The number of carbonyl (C=O) groups is 1. The van der Waals surface area contributed by atoms with Crippen LogP contribution in [-0.2, 0) is 4.79 Å². The van der Waals surface area contributed by atoms with Crippen LogP contribution in [0.4, 0.5) is 18.9 Å². The monoisotopic (exact) mass is 310 g/mol. The molecule has 0 aromatic heterocycles. The van der Waals surface area contributed by atoms with Gasteiger partial charge in [-0.2, -0.15) is 13.2 Å². The molecule has 0 fully saturated rings. The van der Waals surface area contributed by atoms with Crippen LogP contribution in [0.1, 0.15) is 18.5 Å². The number of hydrogen-bond donors (Lipinski definition) is 2. The molecule has 3 nitrogen and oxygen atoms in total. The Balaban J connectivity index is 3.00. The van der Waals surface area contributed by atoms with Gasteiger partial charge in [0.15, 0.2) is 0 Å². The number of carbonyl (C=O) groups excluding carboxylic acids is 1. The van der Waals surface area contributed by atoms with E-state index in [1.807, 2.05) is 0 Å². The van der Waals surface area contributed by atoms with Gasteiger partial charge < -0.3 is 11.1 Å². The summed E-state index contributed by atoms with van der Waals surface area (Å²) < 4.78 is 37.5. The van der Waals surface area contributed by atoms with Crippen LogP contribution in [0, 0.1) is 0 Å². The van der Waals surface area contributed by atoms with Crippen LogP contribution in [0.15, 0.2) is 22.7 Å². The molecular formula is C10H10BrF3N2O. The lowest BCUT2D eigenvalue weighted by Crippen LogP contribution is -2.28. The maximum atomic E-state index is 12.4. The van der Waals surface area contributed by atoms with Crippen molar-refractivity contribution in [2.45, 2.75) is 19.1 Å². The number of rotatable bonds is 2. The third-order valence-electron chi connectivity index (χ3n) is 2.02. The van der Waals surface area contributed by atoms with E-state index in [2.05, 4.69) is 21.2 Å². The first kappa shape index (κ1) is 14.0. The molecule has 0 heterocycles. The summed E-state index contributed by atoms with van der Waals surface area (Å²) in [5.74, 6) is -0.307. The summed E-state index contributed by atoms with van der Waals surface area (Å²) in [5.41, 5.74) is 5.39. The Kier molecular flexibility index (Phi) is 4.16. The summed E-state index contributed by atoms with van der Waals surface area (Å²) in [6.07, 6.45) is -4.49. The lowest BCUT2D eigenvalue weighted by molar-refractivity contribution is -0.149. The highest BCUT2D eigenvalue weighted by atomic mass is 79.9. The second-order valence-corrected chi connectivity index (χ2v) is 4.29. The molecule has 1 atom stereocenters. The molecule has 0 radical (unpaired) electrons. The molecule has 7 heteroatoms. The Morgan fingerprint density at radius 1 is 1.47 bits per heavy atom. The summed E-state index contributed by atoms with van der Waals surface area (Å²) in [5, 5.41) is 2.47. The van der Waals surface area contributed by atoms with Crippen molar-refractivity contribution >= 4 is 27.5 Å². The van der Waals surface area contributed by atoms with Gasteiger partial charge >= 0.3 is 6.18 Å². The van der Waals surface area contributed by atoms with Crippen molar-refractivity contribution in [2.75, 3.05) is 5.32 Å². The highest BCUT2D eigenvalue weighted by Crippen LogP contribution is 2.33. The predicted molar refractivity (Wildman–Crippen MR) is 61.4 cm³/mol. The molecule has 1 aromatic carbocycles. The number of nitrogens with one attached hydrogen (secondary N) is 1. The standard InChI is InChI=1S/C10H10BrF3N2O/c1-5(17)16-8-3-2-6(4-7(8)11)9(15)10(12,13)14/h2-4,9H,15H2,1H3,(H,16,17)/t9-/m1/s1. The van der Waals surface area contributed by atoms with E-state index in [4.69, 9.17) is 5.73 Å². The molecule has 0 bridgehead atoms. The number of nitrogens with two attached hydrogens (primary N) is 1. The summed E-state index contributed by atoms with van der Waals surface area (Å²) in [7, 11) is 0. The number of halogens is 4. The van der Waals surface area contributed by atoms with Gasteiger partial charge in [-0.15, -0.1) is 0 Å². The van der Waals surface area contributed by atoms with Crippen molar-refractivity contribution in [2.24, 2.45) is 5.73 Å². The van der Waals surface area contributed by atoms with E-state index in [0.29, 0.717) is 10.2 Å². The number of benzene rings is 1. The summed E-state index contributed by atoms with van der Waals surface area (Å²) in [6.45, 7) is 1.31. The van der Waals surface area contributed by atoms with Crippen molar-refractivity contribution < 1.29 is 18.0 Å². The van der Waals surface area contributed by atoms with E-state index in [1.54, 1.807) is 0 Å². The largest absolute Gasteiger partial charge is 0.407 e. The quantitative estimate of drug-likeness (QED) is 0.882. The fourth-order valence-corrected chi connectivity index (χ4v) is 1.70. The Bertz CT molecular complexity index is 434. The number of hydrogen-bond acceptors (Lipinski definition) is 2. The number of alkyl halides is 3. The van der Waals surface area contributed by atoms with Crippen LogP contribution in [0.25, 0.3) is 0 Å². The molecule has 0 spiro atoms. The van der Waals surface area contributed by atoms with Gasteiger partial charge in [0.2, 0.25) is 5.91 Å². The van der Waals surface area contributed by atoms with Crippen LogP contribution in [0.5, 0.6) is 0 Å². The van der Waals surface area contributed by atoms with E-state index in [0.717, 1.165) is 0 Å². The van der Waals surface area contributed by atoms with E-state index in [9.17, 15) is 18.0 Å². The van der Waals surface area contributed by atoms with Gasteiger partial charge in [-0.25, -0.2) is 0 Å². The minimum absolute atomic E-state index is 0.0709. The van der Waals surface area contributed by atoms with Crippen LogP contribution in [-0.4, -0.2) is 12.1 Å². The van der Waals surface area contributed by atoms with Gasteiger partial charge in [0.05, 0.1) is 5.69 Å². The first-order chi connectivity index (χ1) is 7.71. The molecule has 1 rings (SSSR count). The van der Waals surface area contributed by atoms with Crippen molar-refractivity contribution in [1.29, 1.82) is 0 Å². The molecular weight excluding hydrogens is 301 g/mol. The first-order valence-electron chi connectivity index (χ1n) is 4.61. The Morgan fingerprint density at radius 2 is 2.06 bits per heavy atom. The Hall–Kier alpha value is -1.08. The Labute approximate surface area is 104 Å². The molecule has 0 aliphatic rings. The predicted octanol–water partition coefficient (Wildman–Crippen LogP) is 2.97. The van der Waals surface area contributed by atoms with Gasteiger partial charge in [0.25, 0.3) is 0 Å². The van der Waals surface area contributed by atoms with Crippen molar-refractivity contribution in [3.05, 3.63) is 28.2 Å². The molecule has 94 valence electrons. The average molecular weight is 311 g/mol. The average Bonchev–Trinajstić information content (AvgIpc) is 2.18. The molecule has 1 aromatic rings. The number of anilines is 1. The third kappa shape index (κ3) is 3.71. The maximum absolute atomic E-state index is 12.4. The van der Waals surface area contributed by atoms with E-state index < -0.39 is 12.2 Å². The van der Waals surface area contributed by atoms with Gasteiger partial charge in [0, 0.05) is 11.4 Å². The summed E-state index contributed by atoms with van der Waals surface area (Å²) >= 11 is 3.07. The van der Waals surface area contributed by atoms with Gasteiger partial charge in [-0.3, -0.25) is 4.79 Å². The lowest BCUT2D eigenvalue weighted by atomic mass is 10.1. The molecule has 0 aliphatic heterocycles. The van der Waals surface area contributed by atoms with Crippen LogP contribution >= 0.6 is 15.9 Å². The second-order valence-electron chi connectivity index (χ2n) is 3.44. The van der Waals surface area contributed by atoms with Gasteiger partial charge in [-0.05, 0) is 33.6 Å². The molecule has 1 amide bonds. The second kappa shape index (κ2) is 5.05.